The number of nitro groups is 1. The van der Waals surface area contributed by atoms with Gasteiger partial charge in [0, 0.05) is 23.3 Å². The lowest BCUT2D eigenvalue weighted by Crippen LogP contribution is -2.29. The summed E-state index contributed by atoms with van der Waals surface area (Å²) < 4.78 is 37.4. The maximum absolute atomic E-state index is 12.5. The van der Waals surface area contributed by atoms with Gasteiger partial charge in [-0.2, -0.15) is 13.2 Å². The fourth-order valence-electron chi connectivity index (χ4n) is 1.97. The van der Waals surface area contributed by atoms with Crippen LogP contribution >= 0.6 is 0 Å². The number of hydrogen-bond acceptors (Lipinski definition) is 4. The van der Waals surface area contributed by atoms with E-state index in [1.807, 2.05) is 0 Å². The molecule has 1 N–H and O–H groups in total. The summed E-state index contributed by atoms with van der Waals surface area (Å²) in [6.45, 7) is -0.451. The molecule has 0 spiro atoms. The fraction of sp³-hybridized carbons (Fsp3) is 0.125. The lowest BCUT2D eigenvalue weighted by molar-refractivity contribution is -0.384. The Balaban J connectivity index is 2.01. The molecule has 0 atom stereocenters. The van der Waals surface area contributed by atoms with Crippen LogP contribution in [0.15, 0.2) is 48.5 Å². The van der Waals surface area contributed by atoms with Crippen molar-refractivity contribution in [2.45, 2.75) is 6.18 Å². The SMILES string of the molecule is O=C(CNC(=O)c1cccc([N+](=O)[O-])c1)c1ccc(C(F)(F)F)cc1. The van der Waals surface area contributed by atoms with Crippen molar-refractivity contribution in [2.75, 3.05) is 6.54 Å². The third-order valence-corrected chi connectivity index (χ3v) is 3.26. The largest absolute Gasteiger partial charge is 0.416 e. The molecule has 130 valence electrons. The molecule has 0 unspecified atom stereocenters. The lowest BCUT2D eigenvalue weighted by Gasteiger charge is -2.08. The highest BCUT2D eigenvalue weighted by atomic mass is 19.4. The van der Waals surface area contributed by atoms with E-state index in [1.54, 1.807) is 0 Å². The maximum atomic E-state index is 12.5. The van der Waals surface area contributed by atoms with Crippen molar-refractivity contribution < 1.29 is 27.7 Å². The average molecular weight is 352 g/mol. The summed E-state index contributed by atoms with van der Waals surface area (Å²) in [5.74, 6) is -1.29. The highest BCUT2D eigenvalue weighted by Crippen LogP contribution is 2.29. The van der Waals surface area contributed by atoms with Crippen molar-refractivity contribution >= 4 is 17.4 Å². The van der Waals surface area contributed by atoms with Crippen LogP contribution in [0.3, 0.4) is 0 Å². The van der Waals surface area contributed by atoms with E-state index in [1.165, 1.54) is 18.2 Å². The predicted octanol–water partition coefficient (Wildman–Crippen LogP) is 3.23. The number of carbonyl (C=O) groups is 2. The summed E-state index contributed by atoms with van der Waals surface area (Å²) in [5, 5.41) is 12.9. The molecule has 9 heteroatoms. The van der Waals surface area contributed by atoms with Gasteiger partial charge in [-0.25, -0.2) is 0 Å². The Morgan fingerprint density at radius 2 is 1.68 bits per heavy atom. The number of carbonyl (C=O) groups excluding carboxylic acids is 2. The minimum absolute atomic E-state index is 0.00517. The van der Waals surface area contributed by atoms with Crippen LogP contribution in [-0.4, -0.2) is 23.2 Å². The molecule has 25 heavy (non-hydrogen) atoms. The fourth-order valence-corrected chi connectivity index (χ4v) is 1.97. The van der Waals surface area contributed by atoms with Crippen molar-refractivity contribution in [2.24, 2.45) is 0 Å². The van der Waals surface area contributed by atoms with Gasteiger partial charge in [-0.05, 0) is 18.2 Å². The van der Waals surface area contributed by atoms with E-state index in [0.29, 0.717) is 0 Å². The van der Waals surface area contributed by atoms with Crippen LogP contribution in [0.1, 0.15) is 26.3 Å². The summed E-state index contributed by atoms with van der Waals surface area (Å²) in [5.41, 5.74) is -1.16. The smallest absolute Gasteiger partial charge is 0.345 e. The van der Waals surface area contributed by atoms with Crippen molar-refractivity contribution in [3.05, 3.63) is 75.3 Å². The van der Waals surface area contributed by atoms with Gasteiger partial charge in [-0.15, -0.1) is 0 Å². The van der Waals surface area contributed by atoms with Gasteiger partial charge in [-0.3, -0.25) is 19.7 Å². The number of halogens is 3. The Kier molecular flexibility index (Phi) is 5.16. The van der Waals surface area contributed by atoms with E-state index in [4.69, 9.17) is 0 Å². The number of nitrogens with one attached hydrogen (secondary N) is 1. The number of Topliss-reactive ketones (excluding diaryl/α,β-unsaturated/α-hetero) is 1. The van der Waals surface area contributed by atoms with Gasteiger partial charge in [0.15, 0.2) is 5.78 Å². The third-order valence-electron chi connectivity index (χ3n) is 3.26. The number of hydrogen-bond donors (Lipinski definition) is 1. The van der Waals surface area contributed by atoms with Crippen LogP contribution in [0, 0.1) is 10.1 Å². The van der Waals surface area contributed by atoms with E-state index in [2.05, 4.69) is 5.32 Å². The monoisotopic (exact) mass is 352 g/mol. The normalized spacial score (nSPS) is 11.0. The molecule has 0 aliphatic rings. The summed E-state index contributed by atoms with van der Waals surface area (Å²) in [4.78, 5) is 33.8. The number of amides is 1. The minimum Gasteiger partial charge on any atom is -0.345 e. The maximum Gasteiger partial charge on any atom is 0.416 e. The van der Waals surface area contributed by atoms with Crippen molar-refractivity contribution in [1.82, 2.24) is 5.32 Å². The molecule has 1 amide bonds. The topological polar surface area (TPSA) is 89.3 Å². The highest BCUT2D eigenvalue weighted by molar-refractivity contribution is 6.02. The van der Waals surface area contributed by atoms with Crippen LogP contribution in [-0.2, 0) is 6.18 Å². The number of benzene rings is 2. The van der Waals surface area contributed by atoms with Gasteiger partial charge in [-0.1, -0.05) is 18.2 Å². The van der Waals surface area contributed by atoms with Crippen LogP contribution in [0.25, 0.3) is 0 Å². The summed E-state index contributed by atoms with van der Waals surface area (Å²) >= 11 is 0. The third kappa shape index (κ3) is 4.63. The molecule has 0 fully saturated rings. The zero-order valence-corrected chi connectivity index (χ0v) is 12.5. The number of rotatable bonds is 5. The Labute approximate surface area is 139 Å². The molecular weight excluding hydrogens is 341 g/mol. The van der Waals surface area contributed by atoms with Gasteiger partial charge in [0.2, 0.25) is 0 Å². The first-order valence-electron chi connectivity index (χ1n) is 6.91. The molecule has 2 aromatic carbocycles. The molecular formula is C16H11F3N2O4. The number of alkyl halides is 3. The molecule has 0 heterocycles. The molecule has 0 bridgehead atoms. The zero-order valence-electron chi connectivity index (χ0n) is 12.5. The second-order valence-corrected chi connectivity index (χ2v) is 4.99. The van der Waals surface area contributed by atoms with Crippen LogP contribution in [0.5, 0.6) is 0 Å². The Morgan fingerprint density at radius 1 is 1.04 bits per heavy atom. The van der Waals surface area contributed by atoms with Gasteiger partial charge in [0.25, 0.3) is 11.6 Å². The lowest BCUT2D eigenvalue weighted by atomic mass is 10.1. The van der Waals surface area contributed by atoms with E-state index in [9.17, 15) is 32.9 Å². The number of ketones is 1. The van der Waals surface area contributed by atoms with Gasteiger partial charge >= 0.3 is 6.18 Å². The molecule has 0 aromatic heterocycles. The molecule has 0 saturated heterocycles. The standard InChI is InChI=1S/C16H11F3N2O4/c17-16(18,19)12-6-4-10(5-7-12)14(22)9-20-15(23)11-2-1-3-13(8-11)21(24)25/h1-8H,9H2,(H,20,23). The van der Waals surface area contributed by atoms with E-state index in [0.717, 1.165) is 30.3 Å². The first-order valence-corrected chi connectivity index (χ1v) is 6.91. The second-order valence-electron chi connectivity index (χ2n) is 4.99. The Hall–Kier alpha value is -3.23. The summed E-state index contributed by atoms with van der Waals surface area (Å²) in [6, 6.07) is 8.51. The Bertz CT molecular complexity index is 817. The first-order chi connectivity index (χ1) is 11.7. The van der Waals surface area contributed by atoms with Crippen molar-refractivity contribution in [3.63, 3.8) is 0 Å². The zero-order chi connectivity index (χ0) is 18.6. The second kappa shape index (κ2) is 7.12. The Morgan fingerprint density at radius 3 is 2.24 bits per heavy atom. The predicted molar refractivity (Wildman–Crippen MR) is 81.2 cm³/mol. The van der Waals surface area contributed by atoms with Gasteiger partial charge < -0.3 is 5.32 Å². The van der Waals surface area contributed by atoms with Gasteiger partial charge in [0.1, 0.15) is 0 Å². The van der Waals surface area contributed by atoms with Crippen LogP contribution < -0.4 is 5.32 Å². The van der Waals surface area contributed by atoms with Crippen LogP contribution in [0.2, 0.25) is 0 Å². The number of nitro benzene ring substituents is 1. The van der Waals surface area contributed by atoms with Crippen molar-refractivity contribution in [1.29, 1.82) is 0 Å². The molecule has 2 rings (SSSR count). The number of non-ortho nitro benzene ring substituents is 1. The first kappa shape index (κ1) is 18.1. The highest BCUT2D eigenvalue weighted by Gasteiger charge is 2.30. The van der Waals surface area contributed by atoms with E-state index >= 15 is 0 Å². The molecule has 0 aliphatic carbocycles. The molecule has 0 aliphatic heterocycles. The molecule has 0 saturated carbocycles. The summed E-state index contributed by atoms with van der Waals surface area (Å²) in [6.07, 6.45) is -4.50. The van der Waals surface area contributed by atoms with Gasteiger partial charge in [0.05, 0.1) is 17.0 Å². The van der Waals surface area contributed by atoms with Crippen molar-refractivity contribution in [3.8, 4) is 0 Å². The van der Waals surface area contributed by atoms with E-state index in [-0.39, 0.29) is 16.8 Å². The van der Waals surface area contributed by atoms with Crippen LogP contribution in [0.4, 0.5) is 18.9 Å². The average Bonchev–Trinajstić information content (AvgIpc) is 2.58. The molecule has 6 nitrogen and oxygen atoms in total. The molecule has 0 radical (unpaired) electrons. The van der Waals surface area contributed by atoms with E-state index < -0.39 is 34.9 Å². The minimum atomic E-state index is -4.50. The summed E-state index contributed by atoms with van der Waals surface area (Å²) in [7, 11) is 0. The quantitative estimate of drug-likeness (QED) is 0.508. The number of nitrogens with zero attached hydrogens (tertiary/aromatic N) is 1. The molecule has 2 aromatic rings.